The van der Waals surface area contributed by atoms with Gasteiger partial charge in [-0.2, -0.15) is 0 Å². The van der Waals surface area contributed by atoms with Gasteiger partial charge in [0.05, 0.1) is 0 Å². The number of hydrogen-bond acceptors (Lipinski definition) is 3. The number of hydrogen-bond donors (Lipinski definition) is 1. The van der Waals surface area contributed by atoms with Crippen LogP contribution in [0.5, 0.6) is 0 Å². The molecule has 1 N–H and O–H groups in total. The Kier molecular flexibility index (Phi) is 5.11. The Bertz CT molecular complexity index is 568. The second-order valence-electron chi connectivity index (χ2n) is 7.63. The van der Waals surface area contributed by atoms with Crippen LogP contribution < -0.4 is 10.2 Å². The molecule has 4 rings (SSSR count). The van der Waals surface area contributed by atoms with Crippen LogP contribution in [0, 0.1) is 0 Å². The van der Waals surface area contributed by atoms with Crippen LogP contribution in [0.1, 0.15) is 38.5 Å². The van der Waals surface area contributed by atoms with Crippen LogP contribution in [0.4, 0.5) is 16.2 Å². The van der Waals surface area contributed by atoms with Gasteiger partial charge in [-0.3, -0.25) is 4.90 Å². The van der Waals surface area contributed by atoms with Gasteiger partial charge in [-0.25, -0.2) is 4.79 Å². The molecule has 0 radical (unpaired) electrons. The van der Waals surface area contributed by atoms with Crippen LogP contribution in [0.25, 0.3) is 0 Å². The van der Waals surface area contributed by atoms with Gasteiger partial charge in [0.2, 0.25) is 0 Å². The van der Waals surface area contributed by atoms with E-state index >= 15 is 0 Å². The molecule has 2 saturated heterocycles. The first-order valence-electron chi connectivity index (χ1n) is 9.94. The number of nitrogens with zero attached hydrogens (tertiary/aromatic N) is 3. The zero-order chi connectivity index (χ0) is 17.1. The molecule has 1 aromatic carbocycles. The first-order valence-corrected chi connectivity index (χ1v) is 9.94. The molecule has 2 aliphatic heterocycles. The fourth-order valence-corrected chi connectivity index (χ4v) is 4.49. The van der Waals surface area contributed by atoms with Crippen molar-refractivity contribution < 1.29 is 4.79 Å². The minimum absolute atomic E-state index is 0.0417. The zero-order valence-electron chi connectivity index (χ0n) is 15.1. The zero-order valence-corrected chi connectivity index (χ0v) is 15.1. The Labute approximate surface area is 151 Å². The van der Waals surface area contributed by atoms with Crippen molar-refractivity contribution in [2.45, 2.75) is 44.6 Å². The van der Waals surface area contributed by atoms with Gasteiger partial charge in [0, 0.05) is 56.7 Å². The van der Waals surface area contributed by atoms with Crippen LogP contribution in [-0.2, 0) is 0 Å². The van der Waals surface area contributed by atoms with Crippen LogP contribution in [0.2, 0.25) is 0 Å². The first kappa shape index (κ1) is 16.7. The van der Waals surface area contributed by atoms with Crippen molar-refractivity contribution >= 4 is 17.4 Å². The fraction of sp³-hybridized carbons (Fsp3) is 0.650. The normalized spacial score (nSPS) is 22.6. The van der Waals surface area contributed by atoms with Crippen molar-refractivity contribution in [2.24, 2.45) is 0 Å². The van der Waals surface area contributed by atoms with E-state index in [4.69, 9.17) is 0 Å². The molecule has 1 aromatic rings. The van der Waals surface area contributed by atoms with Crippen LogP contribution in [-0.4, -0.2) is 61.1 Å². The lowest BCUT2D eigenvalue weighted by atomic mass is 10.2. The Morgan fingerprint density at radius 2 is 1.48 bits per heavy atom. The molecule has 0 bridgehead atoms. The SMILES string of the molecule is O=C(Nc1ccc(N2CCCC2)cc1)N1CCN(C2CCCC2)CC1. The van der Waals surface area contributed by atoms with E-state index in [1.54, 1.807) is 0 Å². The number of carbonyl (C=O) groups excluding carboxylic acids is 1. The van der Waals surface area contributed by atoms with Crippen LogP contribution in [0.3, 0.4) is 0 Å². The molecule has 0 aromatic heterocycles. The number of benzene rings is 1. The molecule has 5 heteroatoms. The van der Waals surface area contributed by atoms with E-state index in [0.717, 1.165) is 51.0 Å². The highest BCUT2D eigenvalue weighted by molar-refractivity contribution is 5.89. The highest BCUT2D eigenvalue weighted by Crippen LogP contribution is 2.25. The van der Waals surface area contributed by atoms with E-state index < -0.39 is 0 Å². The Balaban J connectivity index is 1.27. The third-order valence-electron chi connectivity index (χ3n) is 6.03. The lowest BCUT2D eigenvalue weighted by molar-refractivity contribution is 0.115. The summed E-state index contributed by atoms with van der Waals surface area (Å²) in [5.74, 6) is 0. The van der Waals surface area contributed by atoms with Crippen LogP contribution in [0.15, 0.2) is 24.3 Å². The fourth-order valence-electron chi connectivity index (χ4n) is 4.49. The summed E-state index contributed by atoms with van der Waals surface area (Å²) in [6, 6.07) is 9.11. The van der Waals surface area contributed by atoms with E-state index in [2.05, 4.69) is 27.2 Å². The summed E-state index contributed by atoms with van der Waals surface area (Å²) in [6.07, 6.45) is 8.00. The summed E-state index contributed by atoms with van der Waals surface area (Å²) in [6.45, 7) is 6.02. The van der Waals surface area contributed by atoms with Crippen molar-refractivity contribution in [3.05, 3.63) is 24.3 Å². The highest BCUT2D eigenvalue weighted by atomic mass is 16.2. The van der Waals surface area contributed by atoms with Gasteiger partial charge in [-0.05, 0) is 49.9 Å². The van der Waals surface area contributed by atoms with E-state index in [1.165, 1.54) is 44.2 Å². The largest absolute Gasteiger partial charge is 0.372 e. The second-order valence-corrected chi connectivity index (χ2v) is 7.63. The van der Waals surface area contributed by atoms with E-state index in [0.29, 0.717) is 0 Å². The number of piperazine rings is 1. The second kappa shape index (κ2) is 7.65. The number of nitrogens with one attached hydrogen (secondary N) is 1. The number of carbonyl (C=O) groups is 1. The van der Waals surface area contributed by atoms with E-state index in [1.807, 2.05) is 17.0 Å². The molecule has 0 spiro atoms. The summed E-state index contributed by atoms with van der Waals surface area (Å²) in [7, 11) is 0. The number of amides is 2. The topological polar surface area (TPSA) is 38.8 Å². The third kappa shape index (κ3) is 3.92. The Morgan fingerprint density at radius 1 is 0.840 bits per heavy atom. The van der Waals surface area contributed by atoms with Gasteiger partial charge in [-0.15, -0.1) is 0 Å². The van der Waals surface area contributed by atoms with Crippen molar-refractivity contribution in [2.75, 3.05) is 49.5 Å². The lowest BCUT2D eigenvalue weighted by Gasteiger charge is -2.38. The molecule has 5 nitrogen and oxygen atoms in total. The van der Waals surface area contributed by atoms with Crippen molar-refractivity contribution in [3.63, 3.8) is 0 Å². The first-order chi connectivity index (χ1) is 12.3. The van der Waals surface area contributed by atoms with Gasteiger partial charge in [0.15, 0.2) is 0 Å². The molecular formula is C20H30N4O. The predicted molar refractivity (Wildman–Crippen MR) is 102 cm³/mol. The molecule has 3 fully saturated rings. The van der Waals surface area contributed by atoms with Crippen molar-refractivity contribution in [1.29, 1.82) is 0 Å². The Morgan fingerprint density at radius 3 is 2.12 bits per heavy atom. The maximum Gasteiger partial charge on any atom is 0.321 e. The quantitative estimate of drug-likeness (QED) is 0.915. The van der Waals surface area contributed by atoms with E-state index in [-0.39, 0.29) is 6.03 Å². The molecule has 2 amide bonds. The average molecular weight is 342 g/mol. The van der Waals surface area contributed by atoms with Gasteiger partial charge in [0.1, 0.15) is 0 Å². The minimum atomic E-state index is 0.0417. The van der Waals surface area contributed by atoms with Gasteiger partial charge < -0.3 is 15.1 Å². The lowest BCUT2D eigenvalue weighted by Crippen LogP contribution is -2.52. The molecule has 1 saturated carbocycles. The monoisotopic (exact) mass is 342 g/mol. The molecular weight excluding hydrogens is 312 g/mol. The van der Waals surface area contributed by atoms with Gasteiger partial charge in [-0.1, -0.05) is 12.8 Å². The highest BCUT2D eigenvalue weighted by Gasteiger charge is 2.27. The maximum absolute atomic E-state index is 12.5. The minimum Gasteiger partial charge on any atom is -0.372 e. The molecule has 3 aliphatic rings. The summed E-state index contributed by atoms with van der Waals surface area (Å²) in [5.41, 5.74) is 2.16. The third-order valence-corrected chi connectivity index (χ3v) is 6.03. The van der Waals surface area contributed by atoms with Crippen molar-refractivity contribution in [3.8, 4) is 0 Å². The molecule has 2 heterocycles. The summed E-state index contributed by atoms with van der Waals surface area (Å²) in [5, 5.41) is 3.06. The predicted octanol–water partition coefficient (Wildman–Crippen LogP) is 3.38. The molecule has 136 valence electrons. The smallest absolute Gasteiger partial charge is 0.321 e. The molecule has 25 heavy (non-hydrogen) atoms. The van der Waals surface area contributed by atoms with Crippen molar-refractivity contribution in [1.82, 2.24) is 9.80 Å². The number of rotatable bonds is 3. The molecule has 1 aliphatic carbocycles. The molecule has 0 unspecified atom stereocenters. The Hall–Kier alpha value is -1.75. The summed E-state index contributed by atoms with van der Waals surface area (Å²) < 4.78 is 0. The molecule has 0 atom stereocenters. The maximum atomic E-state index is 12.5. The van der Waals surface area contributed by atoms with Gasteiger partial charge >= 0.3 is 6.03 Å². The van der Waals surface area contributed by atoms with E-state index in [9.17, 15) is 4.79 Å². The average Bonchev–Trinajstić information content (AvgIpc) is 3.36. The number of anilines is 2. The summed E-state index contributed by atoms with van der Waals surface area (Å²) >= 11 is 0. The number of urea groups is 1. The van der Waals surface area contributed by atoms with Gasteiger partial charge in [0.25, 0.3) is 0 Å². The standard InChI is InChI=1S/C20H30N4O/c25-20(24-15-13-23(14-16-24)18-5-1-2-6-18)21-17-7-9-19(10-8-17)22-11-3-4-12-22/h7-10,18H,1-6,11-16H2,(H,21,25). The summed E-state index contributed by atoms with van der Waals surface area (Å²) in [4.78, 5) is 19.5. The van der Waals surface area contributed by atoms with Crippen LogP contribution >= 0.6 is 0 Å².